The third kappa shape index (κ3) is 4.15. The van der Waals surface area contributed by atoms with E-state index in [2.05, 4.69) is 5.32 Å². The maximum absolute atomic E-state index is 12.0. The fourth-order valence-corrected chi connectivity index (χ4v) is 3.29. The Morgan fingerprint density at radius 2 is 1.52 bits per heavy atom. The number of carbonyl (C=O) groups is 3. The van der Waals surface area contributed by atoms with Crippen molar-refractivity contribution in [2.45, 2.75) is 18.4 Å². The van der Waals surface area contributed by atoms with Gasteiger partial charge < -0.3 is 14.9 Å². The van der Waals surface area contributed by atoms with Crippen LogP contribution < -0.4 is 5.32 Å². The zero-order valence-corrected chi connectivity index (χ0v) is 14.4. The van der Waals surface area contributed by atoms with E-state index in [0.717, 1.165) is 22.3 Å². The highest BCUT2D eigenvalue weighted by Crippen LogP contribution is 2.44. The van der Waals surface area contributed by atoms with Crippen molar-refractivity contribution in [3.63, 3.8) is 0 Å². The van der Waals surface area contributed by atoms with E-state index in [4.69, 9.17) is 14.9 Å². The first-order valence-electron chi connectivity index (χ1n) is 8.49. The lowest BCUT2D eigenvalue weighted by molar-refractivity contribution is -0.147. The largest absolute Gasteiger partial charge is 0.481 e. The van der Waals surface area contributed by atoms with Crippen LogP contribution in [-0.2, 0) is 19.1 Å². The number of carboxylic acid groups (broad SMARTS) is 2. The Morgan fingerprint density at radius 1 is 0.963 bits per heavy atom. The Morgan fingerprint density at radius 3 is 2.04 bits per heavy atom. The molecule has 0 aliphatic heterocycles. The Hall–Kier alpha value is -3.19. The minimum Gasteiger partial charge on any atom is -0.481 e. The van der Waals surface area contributed by atoms with Gasteiger partial charge in [0.15, 0.2) is 0 Å². The maximum atomic E-state index is 12.0. The van der Waals surface area contributed by atoms with Crippen LogP contribution in [0.5, 0.6) is 0 Å². The highest BCUT2D eigenvalue weighted by molar-refractivity contribution is 5.82. The molecule has 2 aromatic carbocycles. The second-order valence-corrected chi connectivity index (χ2v) is 6.28. The van der Waals surface area contributed by atoms with Gasteiger partial charge in [0.05, 0.1) is 13.0 Å². The van der Waals surface area contributed by atoms with E-state index in [1.54, 1.807) is 0 Å². The molecule has 3 rings (SSSR count). The van der Waals surface area contributed by atoms with Crippen LogP contribution in [0.25, 0.3) is 11.1 Å². The van der Waals surface area contributed by atoms with Crippen LogP contribution in [0, 0.1) is 0 Å². The van der Waals surface area contributed by atoms with Crippen molar-refractivity contribution in [1.29, 1.82) is 0 Å². The molecule has 3 N–H and O–H groups in total. The predicted molar refractivity (Wildman–Crippen MR) is 96.4 cm³/mol. The average molecular weight is 369 g/mol. The number of carbonyl (C=O) groups excluding carboxylic acids is 1. The summed E-state index contributed by atoms with van der Waals surface area (Å²) in [5, 5.41) is 20.1. The van der Waals surface area contributed by atoms with Crippen molar-refractivity contribution in [1.82, 2.24) is 5.32 Å². The minimum atomic E-state index is -1.34. The summed E-state index contributed by atoms with van der Waals surface area (Å²) in [5.74, 6) is -3.31. The molecule has 0 heterocycles. The summed E-state index contributed by atoms with van der Waals surface area (Å²) in [5.41, 5.74) is 4.38. The summed E-state index contributed by atoms with van der Waals surface area (Å²) in [4.78, 5) is 33.7. The zero-order valence-electron chi connectivity index (χ0n) is 14.4. The van der Waals surface area contributed by atoms with Gasteiger partial charge in [-0.05, 0) is 22.3 Å². The lowest BCUT2D eigenvalue weighted by Crippen LogP contribution is -2.41. The van der Waals surface area contributed by atoms with Crippen molar-refractivity contribution >= 4 is 17.9 Å². The van der Waals surface area contributed by atoms with Gasteiger partial charge in [0.1, 0.15) is 12.6 Å². The van der Waals surface area contributed by atoms with Crippen molar-refractivity contribution in [2.75, 3.05) is 13.2 Å². The number of aliphatic carboxylic acids is 2. The molecular weight excluding hydrogens is 350 g/mol. The van der Waals surface area contributed by atoms with E-state index >= 15 is 0 Å². The fraction of sp³-hybridized carbons (Fsp3) is 0.250. The Bertz CT molecular complexity index is 833. The molecule has 1 aliphatic rings. The number of nitrogens with one attached hydrogen (secondary N) is 1. The molecular formula is C20H19NO6. The Balaban J connectivity index is 1.62. The molecule has 2 aromatic rings. The maximum Gasteiger partial charge on any atom is 0.321 e. The fourth-order valence-electron chi connectivity index (χ4n) is 3.29. The van der Waals surface area contributed by atoms with E-state index in [9.17, 15) is 14.4 Å². The van der Waals surface area contributed by atoms with Crippen molar-refractivity contribution in [3.8, 4) is 11.1 Å². The number of rotatable bonds is 8. The molecule has 0 unspecified atom stereocenters. The van der Waals surface area contributed by atoms with Crippen LogP contribution in [0.1, 0.15) is 23.5 Å². The number of hydrogen-bond acceptors (Lipinski definition) is 5. The Kier molecular flexibility index (Phi) is 5.52. The van der Waals surface area contributed by atoms with Crippen LogP contribution in [0.3, 0.4) is 0 Å². The van der Waals surface area contributed by atoms with Gasteiger partial charge in [-0.3, -0.25) is 19.7 Å². The highest BCUT2D eigenvalue weighted by atomic mass is 16.5. The van der Waals surface area contributed by atoms with Crippen LogP contribution >= 0.6 is 0 Å². The summed E-state index contributed by atoms with van der Waals surface area (Å²) in [6, 6.07) is 14.5. The highest BCUT2D eigenvalue weighted by Gasteiger charge is 2.29. The van der Waals surface area contributed by atoms with E-state index in [0.29, 0.717) is 0 Å². The van der Waals surface area contributed by atoms with Gasteiger partial charge in [-0.25, -0.2) is 0 Å². The molecule has 0 aromatic heterocycles. The SMILES string of the molecule is O=C(O)C[C@H](NCC(=O)OCC1c2ccccc2-c2ccccc21)C(=O)O. The molecule has 0 fully saturated rings. The molecule has 1 atom stereocenters. The van der Waals surface area contributed by atoms with Crippen LogP contribution in [-0.4, -0.2) is 47.3 Å². The van der Waals surface area contributed by atoms with Gasteiger partial charge in [-0.1, -0.05) is 48.5 Å². The standard InChI is InChI=1S/C20H19NO6/c22-18(23)9-17(20(25)26)21-10-19(24)27-11-16-14-7-3-1-5-12(14)13-6-2-4-8-15(13)16/h1-8,16-17,21H,9-11H2,(H,22,23)(H,25,26)/t17-/m0/s1. The molecule has 7 nitrogen and oxygen atoms in total. The lowest BCUT2D eigenvalue weighted by atomic mass is 9.98. The van der Waals surface area contributed by atoms with Gasteiger partial charge in [0, 0.05) is 5.92 Å². The summed E-state index contributed by atoms with van der Waals surface area (Å²) in [6.45, 7) is -0.245. The van der Waals surface area contributed by atoms with E-state index in [-0.39, 0.29) is 19.1 Å². The first kappa shape index (κ1) is 18.6. The monoisotopic (exact) mass is 369 g/mol. The van der Waals surface area contributed by atoms with Crippen LogP contribution in [0.2, 0.25) is 0 Å². The summed E-state index contributed by atoms with van der Waals surface area (Å²) < 4.78 is 5.33. The zero-order chi connectivity index (χ0) is 19.4. The second-order valence-electron chi connectivity index (χ2n) is 6.28. The van der Waals surface area contributed by atoms with Gasteiger partial charge in [0.2, 0.25) is 0 Å². The number of ether oxygens (including phenoxy) is 1. The molecule has 0 spiro atoms. The molecule has 0 radical (unpaired) electrons. The molecule has 0 saturated carbocycles. The smallest absolute Gasteiger partial charge is 0.321 e. The minimum absolute atomic E-state index is 0.0874. The molecule has 0 amide bonds. The third-order valence-corrected chi connectivity index (χ3v) is 4.54. The molecule has 0 saturated heterocycles. The summed E-state index contributed by atoms with van der Waals surface area (Å²) >= 11 is 0. The van der Waals surface area contributed by atoms with E-state index in [1.807, 2.05) is 48.5 Å². The molecule has 7 heteroatoms. The quantitative estimate of drug-likeness (QED) is 0.609. The van der Waals surface area contributed by atoms with Crippen LogP contribution in [0.15, 0.2) is 48.5 Å². The number of fused-ring (bicyclic) bond motifs is 3. The Labute approximate surface area is 155 Å². The number of benzene rings is 2. The van der Waals surface area contributed by atoms with E-state index in [1.165, 1.54) is 0 Å². The first-order valence-corrected chi connectivity index (χ1v) is 8.49. The third-order valence-electron chi connectivity index (χ3n) is 4.54. The molecule has 1 aliphatic carbocycles. The molecule has 140 valence electrons. The average Bonchev–Trinajstić information content (AvgIpc) is 2.97. The summed E-state index contributed by atoms with van der Waals surface area (Å²) in [6.07, 6.45) is -0.619. The van der Waals surface area contributed by atoms with Gasteiger partial charge >= 0.3 is 17.9 Å². The molecule has 27 heavy (non-hydrogen) atoms. The van der Waals surface area contributed by atoms with Crippen molar-refractivity contribution in [2.24, 2.45) is 0 Å². The van der Waals surface area contributed by atoms with Crippen molar-refractivity contribution < 1.29 is 29.3 Å². The van der Waals surface area contributed by atoms with Gasteiger partial charge in [0.25, 0.3) is 0 Å². The lowest BCUT2D eigenvalue weighted by Gasteiger charge is -2.15. The summed E-state index contributed by atoms with van der Waals surface area (Å²) in [7, 11) is 0. The predicted octanol–water partition coefficient (Wildman–Crippen LogP) is 1.86. The number of esters is 1. The normalized spacial score (nSPS) is 13.5. The number of carboxylic acids is 2. The van der Waals surface area contributed by atoms with Crippen LogP contribution in [0.4, 0.5) is 0 Å². The number of hydrogen-bond donors (Lipinski definition) is 3. The topological polar surface area (TPSA) is 113 Å². The molecule has 0 bridgehead atoms. The van der Waals surface area contributed by atoms with Crippen molar-refractivity contribution in [3.05, 3.63) is 59.7 Å². The van der Waals surface area contributed by atoms with E-state index < -0.39 is 30.4 Å². The first-order chi connectivity index (χ1) is 13.0. The second kappa shape index (κ2) is 8.01. The van der Waals surface area contributed by atoms with Gasteiger partial charge in [-0.2, -0.15) is 0 Å². The van der Waals surface area contributed by atoms with Gasteiger partial charge in [-0.15, -0.1) is 0 Å².